The van der Waals surface area contributed by atoms with E-state index in [-0.39, 0.29) is 5.92 Å². The fourth-order valence-corrected chi connectivity index (χ4v) is 1.87. The van der Waals surface area contributed by atoms with Crippen molar-refractivity contribution in [2.24, 2.45) is 5.92 Å². The number of hydrogen-bond acceptors (Lipinski definition) is 3. The fourth-order valence-electron chi connectivity index (χ4n) is 1.87. The molecule has 4 heteroatoms. The molecule has 0 radical (unpaired) electrons. The smallest absolute Gasteiger partial charge is 0.321 e. The van der Waals surface area contributed by atoms with Gasteiger partial charge in [-0.3, -0.25) is 9.69 Å². The molecule has 0 heterocycles. The molecule has 1 atom stereocenters. The molecule has 1 rings (SSSR count). The van der Waals surface area contributed by atoms with Gasteiger partial charge in [0.2, 0.25) is 0 Å². The Bertz CT molecular complexity index is 218. The molecule has 0 aromatic heterocycles. The van der Waals surface area contributed by atoms with Crippen LogP contribution in [0.25, 0.3) is 0 Å². The number of nitrogens with zero attached hydrogens (tertiary/aromatic N) is 1. The van der Waals surface area contributed by atoms with E-state index in [0.717, 1.165) is 12.8 Å². The van der Waals surface area contributed by atoms with Gasteiger partial charge in [0.25, 0.3) is 0 Å². The minimum atomic E-state index is -0.836. The van der Waals surface area contributed by atoms with Gasteiger partial charge in [0.1, 0.15) is 6.04 Å². The number of carboxylic acid groups (broad SMARTS) is 1. The molecule has 0 bridgehead atoms. The zero-order chi connectivity index (χ0) is 10.9. The normalized spacial score (nSPS) is 19.8. The van der Waals surface area contributed by atoms with Crippen molar-refractivity contribution in [1.82, 2.24) is 4.90 Å². The molecule has 1 aliphatic carbocycles. The van der Waals surface area contributed by atoms with Crippen molar-refractivity contribution in [3.63, 3.8) is 0 Å². The number of hydrogen-bond donors (Lipinski definition) is 2. The molecular formula is C10H19NO3. The first-order chi connectivity index (χ1) is 6.31. The molecule has 1 aliphatic rings. The summed E-state index contributed by atoms with van der Waals surface area (Å²) >= 11 is 0. The summed E-state index contributed by atoms with van der Waals surface area (Å²) in [6, 6.07) is -0.429. The summed E-state index contributed by atoms with van der Waals surface area (Å²) in [6.45, 7) is 3.77. The number of likely N-dealkylation sites (N-methyl/N-ethyl adjacent to an activating group) is 1. The van der Waals surface area contributed by atoms with Gasteiger partial charge < -0.3 is 10.2 Å². The maximum atomic E-state index is 11.0. The molecule has 0 aromatic rings. The summed E-state index contributed by atoms with van der Waals surface area (Å²) < 4.78 is 0. The van der Waals surface area contributed by atoms with Crippen LogP contribution >= 0.6 is 0 Å². The Morgan fingerprint density at radius 2 is 2.07 bits per heavy atom. The lowest BCUT2D eigenvalue weighted by Gasteiger charge is -2.30. The maximum Gasteiger partial charge on any atom is 0.321 e. The van der Waals surface area contributed by atoms with Crippen molar-refractivity contribution >= 4 is 5.97 Å². The van der Waals surface area contributed by atoms with E-state index in [1.165, 1.54) is 0 Å². The second-order valence-corrected chi connectivity index (χ2v) is 4.85. The maximum absolute atomic E-state index is 11.0. The van der Waals surface area contributed by atoms with Crippen molar-refractivity contribution < 1.29 is 15.0 Å². The Morgan fingerprint density at radius 1 is 1.57 bits per heavy atom. The van der Waals surface area contributed by atoms with E-state index in [1.54, 1.807) is 25.8 Å². The zero-order valence-electron chi connectivity index (χ0n) is 9.03. The van der Waals surface area contributed by atoms with E-state index < -0.39 is 17.6 Å². The van der Waals surface area contributed by atoms with Crippen molar-refractivity contribution in [2.45, 2.75) is 38.3 Å². The minimum Gasteiger partial charge on any atom is -0.480 e. The number of aliphatic hydroxyl groups is 1. The monoisotopic (exact) mass is 201 g/mol. The van der Waals surface area contributed by atoms with E-state index in [1.807, 2.05) is 0 Å². The zero-order valence-corrected chi connectivity index (χ0v) is 9.03. The molecule has 0 aliphatic heterocycles. The molecule has 14 heavy (non-hydrogen) atoms. The summed E-state index contributed by atoms with van der Waals surface area (Å²) in [5, 5.41) is 18.6. The summed E-state index contributed by atoms with van der Waals surface area (Å²) in [4.78, 5) is 12.7. The molecule has 82 valence electrons. The molecule has 0 spiro atoms. The highest BCUT2D eigenvalue weighted by molar-refractivity contribution is 5.74. The van der Waals surface area contributed by atoms with Crippen LogP contribution in [0.15, 0.2) is 0 Å². The Morgan fingerprint density at radius 3 is 2.36 bits per heavy atom. The van der Waals surface area contributed by atoms with Gasteiger partial charge in [-0.1, -0.05) is 0 Å². The lowest BCUT2D eigenvalue weighted by atomic mass is 10.1. The van der Waals surface area contributed by atoms with E-state index >= 15 is 0 Å². The van der Waals surface area contributed by atoms with Gasteiger partial charge in [0, 0.05) is 6.54 Å². The van der Waals surface area contributed by atoms with Crippen LogP contribution in [0, 0.1) is 5.92 Å². The van der Waals surface area contributed by atoms with Crippen LogP contribution in [0.4, 0.5) is 0 Å². The van der Waals surface area contributed by atoms with Crippen LogP contribution in [-0.4, -0.2) is 46.3 Å². The highest BCUT2D eigenvalue weighted by Crippen LogP contribution is 2.35. The van der Waals surface area contributed by atoms with Crippen molar-refractivity contribution in [2.75, 3.05) is 13.6 Å². The van der Waals surface area contributed by atoms with E-state index in [9.17, 15) is 9.90 Å². The fraction of sp³-hybridized carbons (Fsp3) is 0.900. The van der Waals surface area contributed by atoms with Gasteiger partial charge in [-0.15, -0.1) is 0 Å². The third kappa shape index (κ3) is 3.27. The van der Waals surface area contributed by atoms with Gasteiger partial charge in [-0.2, -0.15) is 0 Å². The van der Waals surface area contributed by atoms with Gasteiger partial charge in [0.15, 0.2) is 0 Å². The average Bonchev–Trinajstić information content (AvgIpc) is 2.65. The second-order valence-electron chi connectivity index (χ2n) is 4.85. The molecule has 4 nitrogen and oxygen atoms in total. The van der Waals surface area contributed by atoms with Crippen LogP contribution in [0.5, 0.6) is 0 Å². The first-order valence-electron chi connectivity index (χ1n) is 4.97. The van der Waals surface area contributed by atoms with Crippen molar-refractivity contribution in [3.05, 3.63) is 0 Å². The van der Waals surface area contributed by atoms with Gasteiger partial charge in [-0.05, 0) is 39.7 Å². The van der Waals surface area contributed by atoms with Gasteiger partial charge in [-0.25, -0.2) is 0 Å². The predicted molar refractivity (Wildman–Crippen MR) is 53.1 cm³/mol. The SMILES string of the molecule is CN(CC(C)(C)O)C(C(=O)O)C1CC1. The largest absolute Gasteiger partial charge is 0.480 e. The number of aliphatic carboxylic acids is 1. The Balaban J connectivity index is 2.55. The summed E-state index contributed by atoms with van der Waals surface area (Å²) in [5.41, 5.74) is -0.836. The van der Waals surface area contributed by atoms with Crippen molar-refractivity contribution in [3.8, 4) is 0 Å². The number of carboxylic acids is 1. The molecule has 1 fully saturated rings. The van der Waals surface area contributed by atoms with Crippen LogP contribution in [0.2, 0.25) is 0 Å². The minimum absolute atomic E-state index is 0.278. The molecule has 1 saturated carbocycles. The lowest BCUT2D eigenvalue weighted by molar-refractivity contribution is -0.144. The molecule has 2 N–H and O–H groups in total. The molecule has 0 saturated heterocycles. The standard InChI is InChI=1S/C10H19NO3/c1-10(2,14)6-11(3)8(9(12)13)7-4-5-7/h7-8,14H,4-6H2,1-3H3,(H,12,13). The Labute approximate surface area is 84.5 Å². The highest BCUT2D eigenvalue weighted by Gasteiger charge is 2.39. The first-order valence-corrected chi connectivity index (χ1v) is 4.97. The Hall–Kier alpha value is -0.610. The topological polar surface area (TPSA) is 60.8 Å². The van der Waals surface area contributed by atoms with Gasteiger partial charge >= 0.3 is 5.97 Å². The van der Waals surface area contributed by atoms with E-state index in [0.29, 0.717) is 6.54 Å². The van der Waals surface area contributed by atoms with E-state index in [4.69, 9.17) is 5.11 Å². The quantitative estimate of drug-likeness (QED) is 0.682. The third-order valence-corrected chi connectivity index (χ3v) is 2.43. The van der Waals surface area contributed by atoms with Crippen LogP contribution in [0.3, 0.4) is 0 Å². The molecule has 0 amide bonds. The van der Waals surface area contributed by atoms with Crippen LogP contribution in [-0.2, 0) is 4.79 Å². The predicted octanol–water partition coefficient (Wildman–Crippen LogP) is 0.552. The molecular weight excluding hydrogens is 182 g/mol. The lowest BCUT2D eigenvalue weighted by Crippen LogP contribution is -2.46. The summed E-state index contributed by atoms with van der Waals surface area (Å²) in [6.07, 6.45) is 1.99. The number of rotatable bonds is 5. The number of carbonyl (C=O) groups is 1. The van der Waals surface area contributed by atoms with Gasteiger partial charge in [0.05, 0.1) is 5.60 Å². The Kier molecular flexibility index (Phi) is 3.17. The summed E-state index contributed by atoms with van der Waals surface area (Å²) in [5.74, 6) is -0.501. The average molecular weight is 201 g/mol. The third-order valence-electron chi connectivity index (χ3n) is 2.43. The van der Waals surface area contributed by atoms with Crippen molar-refractivity contribution in [1.29, 1.82) is 0 Å². The molecule has 1 unspecified atom stereocenters. The molecule has 0 aromatic carbocycles. The highest BCUT2D eigenvalue weighted by atomic mass is 16.4. The second kappa shape index (κ2) is 3.87. The van der Waals surface area contributed by atoms with Crippen LogP contribution < -0.4 is 0 Å². The first kappa shape index (κ1) is 11.5. The summed E-state index contributed by atoms with van der Waals surface area (Å²) in [7, 11) is 1.76. The van der Waals surface area contributed by atoms with E-state index in [2.05, 4.69) is 0 Å². The van der Waals surface area contributed by atoms with Crippen LogP contribution in [0.1, 0.15) is 26.7 Å².